The van der Waals surface area contributed by atoms with E-state index in [1.54, 1.807) is 54.7 Å². The van der Waals surface area contributed by atoms with E-state index in [0.717, 1.165) is 13.8 Å². The summed E-state index contributed by atoms with van der Waals surface area (Å²) >= 11 is 8.48. The van der Waals surface area contributed by atoms with Crippen molar-refractivity contribution in [1.29, 1.82) is 5.41 Å². The van der Waals surface area contributed by atoms with E-state index in [1.807, 2.05) is 0 Å². The molecule has 46 heteroatoms. The van der Waals surface area contributed by atoms with E-state index >= 15 is 9.59 Å². The molecule has 688 valence electrons. The highest BCUT2D eigenvalue weighted by molar-refractivity contribution is 7.80. The van der Waals surface area contributed by atoms with Crippen LogP contribution in [0.15, 0.2) is 85.2 Å². The number of phenols is 1. The fraction of sp³-hybridized carbons (Fsp3) is 0.487. The summed E-state index contributed by atoms with van der Waals surface area (Å²) in [6, 6.07) is 1.32. The molecule has 5 rings (SSSR count). The van der Waals surface area contributed by atoms with Crippen molar-refractivity contribution in [3.63, 3.8) is 0 Å². The molecule has 0 aliphatic rings. The number of primary amides is 4. The van der Waals surface area contributed by atoms with Crippen molar-refractivity contribution >= 4 is 159 Å². The van der Waals surface area contributed by atoms with Gasteiger partial charge in [0.15, 0.2) is 5.96 Å². The van der Waals surface area contributed by atoms with Gasteiger partial charge in [-0.2, -0.15) is 25.3 Å². The van der Waals surface area contributed by atoms with Crippen LogP contribution < -0.4 is 114 Å². The number of benzene rings is 3. The monoisotopic (exact) mass is 1800 g/mol. The molecule has 0 fully saturated rings. The summed E-state index contributed by atoms with van der Waals surface area (Å²) in [5.41, 5.74) is 33.2. The quantitative estimate of drug-likeness (QED) is 0.00745. The first-order chi connectivity index (χ1) is 59.6. The number of carbonyl (C=O) groups excluding carboxylic acids is 18. The third-order valence-electron chi connectivity index (χ3n) is 19.9. The van der Waals surface area contributed by atoms with Crippen LogP contribution in [0.3, 0.4) is 0 Å². The van der Waals surface area contributed by atoms with Crippen molar-refractivity contribution < 1.29 is 96.5 Å². The standard InChI is InChI=1S/C80H116N24O20S2/c1-40(2)65(76(122)99-57(33-62(84)110)68(114)92-37-64(112)88-30-27-63(111)94-51(67(85)113)17-10-11-28-81)102-70(116)52(18-12-29-89-79(86)87)101-78(124)80(5,34-45-36-91-50-16-9-7-14-48(45)50)104-75(121)55(31-43-19-21-46(107)22-20-43)97-74(120)59(39-126)100-69(115)53(23-25-60(82)108)95-72(118)56(32-44-35-90-49-15-8-6-13-47(44)49)98-77(123)66(41(3)105)103-71(117)54(24-26-61(83)109)96-73(119)58(38-125)93-42(4)106/h6-9,13-16,19-22,35-36,40-41,51-59,65-66,90-91,105,107,125-126H,10-12,17-18,23-34,37-39,81H2,1-5H3,(H2,82,108)(H2,83,109)(H2,84,110)(H2,85,113)(H,88,112)(H,92,114)(H,93,106)(H,94,111)(H,95,118)(H,96,119)(H,97,120)(H,98,123)(H,99,122)(H,100,115)(H,101,124)(H,102,116)(H,103,117)(H,104,121)(H4,86,87,89)/t41-,51-,52+,53+,54+,55+,56+,57+,58+,59+,65+,66+,80+/m1/s1. The van der Waals surface area contributed by atoms with Crippen LogP contribution >= 0.6 is 25.3 Å². The number of aromatic nitrogens is 2. The number of para-hydroxylation sites is 2. The average Bonchev–Trinajstić information content (AvgIpc) is 1.64. The fourth-order valence-corrected chi connectivity index (χ4v) is 13.6. The molecular formula is C80H116N24O20S2. The minimum absolute atomic E-state index is 0.00709. The number of H-pyrrole nitrogens is 2. The second-order valence-corrected chi connectivity index (χ2v) is 31.3. The second kappa shape index (κ2) is 51.2. The van der Waals surface area contributed by atoms with Crippen molar-refractivity contribution in [2.75, 3.05) is 37.7 Å². The zero-order valence-corrected chi connectivity index (χ0v) is 72.1. The molecule has 126 heavy (non-hydrogen) atoms. The lowest BCUT2D eigenvalue weighted by Gasteiger charge is -2.34. The lowest BCUT2D eigenvalue weighted by atomic mass is 9.89. The van der Waals surface area contributed by atoms with Crippen LogP contribution in [-0.2, 0) is 106 Å². The van der Waals surface area contributed by atoms with Gasteiger partial charge in [-0.15, -0.1) is 0 Å². The largest absolute Gasteiger partial charge is 0.508 e. The Hall–Kier alpha value is -13.1. The molecule has 0 aliphatic heterocycles. The number of aliphatic hydroxyl groups is 1. The van der Waals surface area contributed by atoms with E-state index in [4.69, 9.17) is 39.8 Å². The molecule has 5 aromatic rings. The number of unbranched alkanes of at least 4 members (excludes halogenated alkanes) is 1. The number of rotatable bonds is 55. The molecule has 0 spiro atoms. The summed E-state index contributed by atoms with van der Waals surface area (Å²) < 4.78 is 0. The van der Waals surface area contributed by atoms with Gasteiger partial charge in [-0.1, -0.05) is 62.4 Å². The molecule has 0 radical (unpaired) electrons. The topological polar surface area (TPSA) is 740 Å². The summed E-state index contributed by atoms with van der Waals surface area (Å²) in [6.07, 6.45) is -1.94. The summed E-state index contributed by atoms with van der Waals surface area (Å²) in [6.45, 7) is 5.90. The lowest BCUT2D eigenvalue weighted by Crippen LogP contribution is -2.65. The van der Waals surface area contributed by atoms with Crippen LogP contribution in [0.5, 0.6) is 5.75 Å². The van der Waals surface area contributed by atoms with E-state index in [1.165, 1.54) is 51.2 Å². The number of nitrogens with two attached hydrogens (primary N) is 6. The fourth-order valence-electron chi connectivity index (χ4n) is 13.0. The number of aromatic hydroxyl groups is 1. The van der Waals surface area contributed by atoms with E-state index in [2.05, 4.69) is 115 Å². The summed E-state index contributed by atoms with van der Waals surface area (Å²) in [4.78, 5) is 253. The van der Waals surface area contributed by atoms with Gasteiger partial charge in [-0.05, 0) is 112 Å². The highest BCUT2D eigenvalue weighted by Gasteiger charge is 2.43. The van der Waals surface area contributed by atoms with Crippen LogP contribution in [0.4, 0.5) is 0 Å². The van der Waals surface area contributed by atoms with Crippen molar-refractivity contribution in [1.82, 2.24) is 89.7 Å². The number of amides is 18. The number of fused-ring (bicyclic) bond motifs is 2. The Morgan fingerprint density at radius 1 is 0.460 bits per heavy atom. The molecule has 0 unspecified atom stereocenters. The van der Waals surface area contributed by atoms with Crippen LogP contribution in [0.25, 0.3) is 21.8 Å². The molecule has 18 amide bonds. The smallest absolute Gasteiger partial charge is 0.246 e. The maximum absolute atomic E-state index is 15.6. The van der Waals surface area contributed by atoms with Crippen LogP contribution in [0.1, 0.15) is 122 Å². The number of aliphatic hydroxyl groups excluding tert-OH is 1. The van der Waals surface area contributed by atoms with E-state index in [0.29, 0.717) is 57.9 Å². The predicted octanol–water partition coefficient (Wildman–Crippen LogP) is -6.59. The number of aromatic amines is 2. The minimum Gasteiger partial charge on any atom is -0.508 e. The maximum Gasteiger partial charge on any atom is 0.246 e. The van der Waals surface area contributed by atoms with Crippen molar-refractivity contribution in [3.8, 4) is 5.75 Å². The Morgan fingerprint density at radius 2 is 0.937 bits per heavy atom. The van der Waals surface area contributed by atoms with E-state index < -0.39 is 247 Å². The molecule has 13 atom stereocenters. The second-order valence-electron chi connectivity index (χ2n) is 30.5. The van der Waals surface area contributed by atoms with E-state index in [9.17, 15) is 86.9 Å². The van der Waals surface area contributed by atoms with Gasteiger partial charge in [0.25, 0.3) is 0 Å². The minimum atomic E-state index is -2.17. The third-order valence-corrected chi connectivity index (χ3v) is 20.6. The van der Waals surface area contributed by atoms with Gasteiger partial charge in [0.2, 0.25) is 106 Å². The molecule has 2 heterocycles. The SMILES string of the molecule is CC(=O)N[C@@H](CS)C(=O)N[C@@H](CCC(N)=O)C(=O)N[C@H](C(=O)N[C@@H](Cc1c[nH]c2ccccc12)C(=O)N[C@@H](CCC(N)=O)C(=O)N[C@@H](CS)C(=O)N[C@@H](Cc1ccc(O)cc1)C(=O)N[C@@](C)(Cc1c[nH]c2ccccc12)C(=O)N[C@@H](CCCNC(=N)N)C(=O)N[C@H](C(=O)N[C@@H](CC(N)=O)C(=O)NCC(=O)NCCC(=O)N[C@H](CCCCN)C(N)=O)C(C)C)[C@@H](C)O. The number of carbonyl (C=O) groups is 18. The first-order valence-corrected chi connectivity index (χ1v) is 41.7. The molecule has 2 aromatic heterocycles. The highest BCUT2D eigenvalue weighted by atomic mass is 32.1. The van der Waals surface area contributed by atoms with Crippen molar-refractivity contribution in [2.45, 2.75) is 203 Å². The molecule has 3 aromatic carbocycles. The van der Waals surface area contributed by atoms with Gasteiger partial charge < -0.3 is 134 Å². The van der Waals surface area contributed by atoms with Gasteiger partial charge in [0, 0.05) is 104 Å². The van der Waals surface area contributed by atoms with Gasteiger partial charge in [-0.25, -0.2) is 0 Å². The van der Waals surface area contributed by atoms with E-state index in [-0.39, 0.29) is 63.1 Å². The Labute approximate surface area is 735 Å². The van der Waals surface area contributed by atoms with Crippen LogP contribution in [0, 0.1) is 11.3 Å². The highest BCUT2D eigenvalue weighted by Crippen LogP contribution is 2.25. The Morgan fingerprint density at radius 3 is 1.47 bits per heavy atom. The normalized spacial score (nSPS) is 14.5. The lowest BCUT2D eigenvalue weighted by molar-refractivity contribution is -0.138. The van der Waals surface area contributed by atoms with Crippen molar-refractivity contribution in [2.24, 2.45) is 40.3 Å². The number of nitrogens with one attached hydrogen (secondary N) is 18. The Balaban J connectivity index is 1.46. The molecule has 0 bridgehead atoms. The molecule has 0 saturated heterocycles. The zero-order chi connectivity index (χ0) is 93.7. The molecular weight excluding hydrogens is 1680 g/mol. The summed E-state index contributed by atoms with van der Waals surface area (Å²) in [5, 5.41) is 67.8. The third kappa shape index (κ3) is 34.2. The van der Waals surface area contributed by atoms with Crippen LogP contribution in [0.2, 0.25) is 0 Å². The number of thiol groups is 2. The number of guanidine groups is 1. The average molecular weight is 1800 g/mol. The van der Waals surface area contributed by atoms with Gasteiger partial charge >= 0.3 is 0 Å². The summed E-state index contributed by atoms with van der Waals surface area (Å²) in [5.74, 6) is -19.9. The number of phenolic OH excluding ortho intramolecular Hbond substituents is 1. The molecule has 32 N–H and O–H groups in total. The number of hydrogen-bond acceptors (Lipinski definition) is 24. The Bertz CT molecular complexity index is 4700. The number of hydrogen-bond donors (Lipinski definition) is 28. The van der Waals surface area contributed by atoms with Crippen LogP contribution in [-0.4, -0.2) is 248 Å². The first-order valence-electron chi connectivity index (χ1n) is 40.4. The van der Waals surface area contributed by atoms with Crippen molar-refractivity contribution in [3.05, 3.63) is 102 Å². The first kappa shape index (κ1) is 103. The predicted molar refractivity (Wildman–Crippen MR) is 466 cm³/mol. The zero-order valence-electron chi connectivity index (χ0n) is 70.3. The van der Waals surface area contributed by atoms with Gasteiger partial charge in [-0.3, -0.25) is 91.7 Å². The van der Waals surface area contributed by atoms with Gasteiger partial charge in [0.1, 0.15) is 77.7 Å². The Kier molecular flexibility index (Phi) is 42.1. The molecule has 0 aliphatic carbocycles. The molecule has 44 nitrogen and oxygen atoms in total. The summed E-state index contributed by atoms with van der Waals surface area (Å²) in [7, 11) is 0. The van der Waals surface area contributed by atoms with Gasteiger partial charge in [0.05, 0.1) is 19.1 Å². The maximum atomic E-state index is 15.6. The molecule has 0 saturated carbocycles.